The van der Waals surface area contributed by atoms with E-state index in [0.29, 0.717) is 17.3 Å². The summed E-state index contributed by atoms with van der Waals surface area (Å²) >= 11 is 5.74. The largest absolute Gasteiger partial charge is 0.383 e. The number of aromatic nitrogens is 2. The zero-order valence-electron chi connectivity index (χ0n) is 10.6. The molecule has 0 amide bonds. The number of nitrogens with two attached hydrogens (primary N) is 1. The van der Waals surface area contributed by atoms with Gasteiger partial charge in [0.05, 0.1) is 5.02 Å². The lowest BCUT2D eigenvalue weighted by Crippen LogP contribution is -2.06. The summed E-state index contributed by atoms with van der Waals surface area (Å²) in [7, 11) is 0. The number of halogens is 2. The zero-order chi connectivity index (χ0) is 14.0. The van der Waals surface area contributed by atoms with Gasteiger partial charge in [0.1, 0.15) is 23.8 Å². The van der Waals surface area contributed by atoms with Gasteiger partial charge in [-0.3, -0.25) is 0 Å². The van der Waals surface area contributed by atoms with Crippen molar-refractivity contribution in [1.82, 2.24) is 9.97 Å². The number of anilines is 3. The first kappa shape index (κ1) is 13.5. The molecule has 100 valence electrons. The minimum Gasteiger partial charge on any atom is -0.383 e. The van der Waals surface area contributed by atoms with Crippen molar-refractivity contribution in [2.24, 2.45) is 0 Å². The lowest BCUT2D eigenvalue weighted by atomic mass is 10.0. The Hall–Kier alpha value is -1.88. The molecule has 0 bridgehead atoms. The number of nitrogens with one attached hydrogen (secondary N) is 1. The SMILES string of the molecule is CC(C)c1c(N)ncnc1Nc1ccc(F)c(Cl)c1. The lowest BCUT2D eigenvalue weighted by molar-refractivity contribution is 0.628. The van der Waals surface area contributed by atoms with Crippen molar-refractivity contribution in [3.63, 3.8) is 0 Å². The summed E-state index contributed by atoms with van der Waals surface area (Å²) in [4.78, 5) is 8.14. The highest BCUT2D eigenvalue weighted by atomic mass is 35.5. The smallest absolute Gasteiger partial charge is 0.141 e. The number of nitrogen functional groups attached to an aromatic ring is 1. The van der Waals surface area contributed by atoms with Crippen molar-refractivity contribution in [3.8, 4) is 0 Å². The van der Waals surface area contributed by atoms with Crippen LogP contribution in [0.2, 0.25) is 5.02 Å². The highest BCUT2D eigenvalue weighted by Gasteiger charge is 2.13. The van der Waals surface area contributed by atoms with Crippen molar-refractivity contribution in [3.05, 3.63) is 40.9 Å². The molecule has 1 aromatic carbocycles. The van der Waals surface area contributed by atoms with Gasteiger partial charge in [-0.1, -0.05) is 25.4 Å². The number of benzene rings is 1. The quantitative estimate of drug-likeness (QED) is 0.899. The molecule has 1 aromatic heterocycles. The Kier molecular flexibility index (Phi) is 3.85. The van der Waals surface area contributed by atoms with Crippen LogP contribution in [-0.4, -0.2) is 9.97 Å². The molecule has 2 aromatic rings. The normalized spacial score (nSPS) is 10.8. The highest BCUT2D eigenvalue weighted by molar-refractivity contribution is 6.31. The minimum absolute atomic E-state index is 0.0538. The van der Waals surface area contributed by atoms with Gasteiger partial charge in [-0.2, -0.15) is 0 Å². The molecule has 0 aliphatic rings. The van der Waals surface area contributed by atoms with Gasteiger partial charge in [0.15, 0.2) is 0 Å². The zero-order valence-corrected chi connectivity index (χ0v) is 11.4. The van der Waals surface area contributed by atoms with Crippen molar-refractivity contribution < 1.29 is 4.39 Å². The van der Waals surface area contributed by atoms with Gasteiger partial charge in [0.25, 0.3) is 0 Å². The molecule has 2 rings (SSSR count). The molecule has 0 fully saturated rings. The second kappa shape index (κ2) is 5.40. The average molecular weight is 281 g/mol. The van der Waals surface area contributed by atoms with E-state index in [9.17, 15) is 4.39 Å². The van der Waals surface area contributed by atoms with Gasteiger partial charge in [-0.05, 0) is 24.1 Å². The second-order valence-electron chi connectivity index (χ2n) is 4.43. The molecular formula is C13H14ClFN4. The van der Waals surface area contributed by atoms with Crippen LogP contribution in [0.1, 0.15) is 25.3 Å². The van der Waals surface area contributed by atoms with Gasteiger partial charge < -0.3 is 11.1 Å². The van der Waals surface area contributed by atoms with E-state index in [4.69, 9.17) is 17.3 Å². The molecule has 19 heavy (non-hydrogen) atoms. The molecule has 4 nitrogen and oxygen atoms in total. The molecule has 0 unspecified atom stereocenters. The van der Waals surface area contributed by atoms with Crippen LogP contribution in [0.4, 0.5) is 21.7 Å². The maximum absolute atomic E-state index is 13.1. The van der Waals surface area contributed by atoms with Crippen LogP contribution < -0.4 is 11.1 Å². The predicted octanol–water partition coefficient (Wildman–Crippen LogP) is 3.72. The minimum atomic E-state index is -0.460. The van der Waals surface area contributed by atoms with Crippen LogP contribution in [0.3, 0.4) is 0 Å². The summed E-state index contributed by atoms with van der Waals surface area (Å²) < 4.78 is 13.1. The van der Waals surface area contributed by atoms with Crippen LogP contribution in [0.15, 0.2) is 24.5 Å². The van der Waals surface area contributed by atoms with Crippen molar-refractivity contribution in [2.75, 3.05) is 11.1 Å². The maximum atomic E-state index is 13.1. The topological polar surface area (TPSA) is 63.8 Å². The first-order valence-electron chi connectivity index (χ1n) is 5.81. The monoisotopic (exact) mass is 280 g/mol. The molecule has 0 radical (unpaired) electrons. The van der Waals surface area contributed by atoms with Crippen molar-refractivity contribution in [1.29, 1.82) is 0 Å². The van der Waals surface area contributed by atoms with Crippen LogP contribution in [0.5, 0.6) is 0 Å². The first-order valence-corrected chi connectivity index (χ1v) is 6.19. The lowest BCUT2D eigenvalue weighted by Gasteiger charge is -2.15. The summed E-state index contributed by atoms with van der Waals surface area (Å²) in [5.74, 6) is 0.740. The second-order valence-corrected chi connectivity index (χ2v) is 4.84. The molecular weight excluding hydrogens is 267 g/mol. The summed E-state index contributed by atoms with van der Waals surface area (Å²) in [5.41, 5.74) is 7.32. The number of hydrogen-bond acceptors (Lipinski definition) is 4. The molecule has 6 heteroatoms. The third-order valence-corrected chi connectivity index (χ3v) is 2.96. The Bertz CT molecular complexity index is 601. The summed E-state index contributed by atoms with van der Waals surface area (Å²) in [5, 5.41) is 3.13. The van der Waals surface area contributed by atoms with Crippen molar-refractivity contribution in [2.45, 2.75) is 19.8 Å². The fourth-order valence-corrected chi connectivity index (χ4v) is 1.97. The van der Waals surface area contributed by atoms with Gasteiger partial charge in [-0.15, -0.1) is 0 Å². The number of hydrogen-bond donors (Lipinski definition) is 2. The Balaban J connectivity index is 2.38. The average Bonchev–Trinajstić information content (AvgIpc) is 2.33. The number of rotatable bonds is 3. The van der Waals surface area contributed by atoms with Crippen LogP contribution >= 0.6 is 11.6 Å². The van der Waals surface area contributed by atoms with E-state index in [0.717, 1.165) is 5.56 Å². The molecule has 0 spiro atoms. The van der Waals surface area contributed by atoms with E-state index in [1.165, 1.54) is 18.5 Å². The molecule has 3 N–H and O–H groups in total. The Morgan fingerprint density at radius 2 is 2.05 bits per heavy atom. The summed E-state index contributed by atoms with van der Waals surface area (Å²) in [6.07, 6.45) is 1.38. The Morgan fingerprint density at radius 1 is 1.32 bits per heavy atom. The van der Waals surface area contributed by atoms with E-state index in [1.807, 2.05) is 13.8 Å². The molecule has 0 atom stereocenters. The molecule has 0 saturated carbocycles. The molecule has 1 heterocycles. The maximum Gasteiger partial charge on any atom is 0.141 e. The van der Waals surface area contributed by atoms with Gasteiger partial charge in [-0.25, -0.2) is 14.4 Å². The molecule has 0 aliphatic heterocycles. The van der Waals surface area contributed by atoms with Gasteiger partial charge in [0, 0.05) is 11.3 Å². The van der Waals surface area contributed by atoms with E-state index in [-0.39, 0.29) is 10.9 Å². The van der Waals surface area contributed by atoms with Crippen LogP contribution in [-0.2, 0) is 0 Å². The Morgan fingerprint density at radius 3 is 2.68 bits per heavy atom. The van der Waals surface area contributed by atoms with Crippen LogP contribution in [0.25, 0.3) is 0 Å². The predicted molar refractivity (Wildman–Crippen MR) is 75.2 cm³/mol. The Labute approximate surface area is 115 Å². The summed E-state index contributed by atoms with van der Waals surface area (Å²) in [6.45, 7) is 4.00. The van der Waals surface area contributed by atoms with Gasteiger partial charge in [0.2, 0.25) is 0 Å². The first-order chi connectivity index (χ1) is 8.99. The van der Waals surface area contributed by atoms with E-state index < -0.39 is 5.82 Å². The fourth-order valence-electron chi connectivity index (χ4n) is 1.79. The summed E-state index contributed by atoms with van der Waals surface area (Å²) in [6, 6.07) is 4.38. The van der Waals surface area contributed by atoms with Gasteiger partial charge >= 0.3 is 0 Å². The third-order valence-electron chi connectivity index (χ3n) is 2.67. The van der Waals surface area contributed by atoms with Crippen LogP contribution in [0, 0.1) is 5.82 Å². The van der Waals surface area contributed by atoms with E-state index in [2.05, 4.69) is 15.3 Å². The third kappa shape index (κ3) is 2.93. The number of nitrogens with zero attached hydrogens (tertiary/aromatic N) is 2. The van der Waals surface area contributed by atoms with E-state index in [1.54, 1.807) is 6.07 Å². The molecule has 0 saturated heterocycles. The highest BCUT2D eigenvalue weighted by Crippen LogP contribution is 2.29. The fraction of sp³-hybridized carbons (Fsp3) is 0.231. The standard InChI is InChI=1S/C13H14ClFN4/c1-7(2)11-12(16)17-6-18-13(11)19-8-3-4-10(15)9(14)5-8/h3-7H,1-2H3,(H3,16,17,18,19). The van der Waals surface area contributed by atoms with E-state index >= 15 is 0 Å². The van der Waals surface area contributed by atoms with Crippen molar-refractivity contribution >= 4 is 28.9 Å². The molecule has 0 aliphatic carbocycles.